The van der Waals surface area contributed by atoms with Crippen molar-refractivity contribution in [2.24, 2.45) is 0 Å². The molecule has 0 spiro atoms. The normalized spacial score (nSPS) is 10.7. The van der Waals surface area contributed by atoms with Crippen molar-refractivity contribution in [3.8, 4) is 5.75 Å². The summed E-state index contributed by atoms with van der Waals surface area (Å²) in [5.41, 5.74) is 1.77. The first-order chi connectivity index (χ1) is 9.97. The molecule has 0 saturated carbocycles. The molecule has 2 aromatic carbocycles. The molecule has 0 aliphatic heterocycles. The number of nitro groups is 1. The van der Waals surface area contributed by atoms with E-state index in [2.05, 4.69) is 0 Å². The lowest BCUT2D eigenvalue weighted by atomic mass is 10.1. The highest BCUT2D eigenvalue weighted by Gasteiger charge is 2.09. The first-order valence-corrected chi connectivity index (χ1v) is 6.24. The molecule has 2 rings (SSSR count). The van der Waals surface area contributed by atoms with Crippen molar-refractivity contribution < 1.29 is 14.8 Å². The van der Waals surface area contributed by atoms with Gasteiger partial charge >= 0.3 is 0 Å². The number of hydrogen-bond acceptors (Lipinski definition) is 4. The van der Waals surface area contributed by atoms with E-state index >= 15 is 0 Å². The summed E-state index contributed by atoms with van der Waals surface area (Å²) in [5, 5.41) is 19.9. The molecule has 106 valence electrons. The number of allylic oxidation sites excluding steroid dienone is 1. The number of phenolic OH excluding ortho intramolecular Hbond substituents is 1. The van der Waals surface area contributed by atoms with E-state index in [1.165, 1.54) is 36.4 Å². The largest absolute Gasteiger partial charge is 0.508 e. The Balaban J connectivity index is 2.17. The predicted octanol–water partition coefficient (Wildman–Crippen LogP) is 3.50. The predicted molar refractivity (Wildman–Crippen MR) is 79.3 cm³/mol. The van der Waals surface area contributed by atoms with Crippen LogP contribution in [0.5, 0.6) is 5.75 Å². The topological polar surface area (TPSA) is 80.4 Å². The summed E-state index contributed by atoms with van der Waals surface area (Å²) in [6, 6.07) is 10.6. The van der Waals surface area contributed by atoms with Crippen molar-refractivity contribution in [3.05, 3.63) is 75.3 Å². The Morgan fingerprint density at radius 1 is 1.19 bits per heavy atom. The highest BCUT2D eigenvalue weighted by molar-refractivity contribution is 6.06. The molecule has 0 fully saturated rings. The lowest BCUT2D eigenvalue weighted by Gasteiger charge is -1.99. The van der Waals surface area contributed by atoms with Gasteiger partial charge in [0.2, 0.25) is 0 Å². The third-order valence-corrected chi connectivity index (χ3v) is 3.00. The first-order valence-electron chi connectivity index (χ1n) is 6.24. The molecule has 0 amide bonds. The lowest BCUT2D eigenvalue weighted by Crippen LogP contribution is -1.94. The van der Waals surface area contributed by atoms with Gasteiger partial charge in [0.15, 0.2) is 5.78 Å². The van der Waals surface area contributed by atoms with Gasteiger partial charge in [-0.05, 0) is 55.0 Å². The molecular formula is C16H13NO4. The van der Waals surface area contributed by atoms with Crippen LogP contribution in [0.4, 0.5) is 5.69 Å². The van der Waals surface area contributed by atoms with Gasteiger partial charge in [-0.3, -0.25) is 14.9 Å². The maximum atomic E-state index is 11.9. The Kier molecular flexibility index (Phi) is 4.13. The van der Waals surface area contributed by atoms with Crippen LogP contribution in [-0.4, -0.2) is 15.8 Å². The van der Waals surface area contributed by atoms with Crippen LogP contribution in [-0.2, 0) is 0 Å². The number of phenols is 1. The number of nitro benzene ring substituents is 1. The quantitative estimate of drug-likeness (QED) is 0.403. The maximum Gasteiger partial charge on any atom is 0.272 e. The number of nitrogens with zero attached hydrogens (tertiary/aromatic N) is 1. The summed E-state index contributed by atoms with van der Waals surface area (Å²) in [6.07, 6.45) is 3.00. The molecule has 0 bridgehead atoms. The number of benzene rings is 2. The van der Waals surface area contributed by atoms with Crippen molar-refractivity contribution in [1.82, 2.24) is 0 Å². The second-order valence-electron chi connectivity index (χ2n) is 4.55. The molecule has 0 atom stereocenters. The highest BCUT2D eigenvalue weighted by Crippen LogP contribution is 2.19. The van der Waals surface area contributed by atoms with Crippen LogP contribution in [0.2, 0.25) is 0 Å². The van der Waals surface area contributed by atoms with Crippen LogP contribution in [0.25, 0.3) is 6.08 Å². The fraction of sp³-hybridized carbons (Fsp3) is 0.0625. The standard InChI is InChI=1S/C16H13NO4/c1-11-10-12(2-8-15(11)17(20)21)3-9-16(19)13-4-6-14(18)7-5-13/h2-10,18H,1H3/b9-3+. The van der Waals surface area contributed by atoms with Crippen LogP contribution < -0.4 is 0 Å². The minimum absolute atomic E-state index is 0.0528. The summed E-state index contributed by atoms with van der Waals surface area (Å²) < 4.78 is 0. The van der Waals surface area contributed by atoms with Crippen molar-refractivity contribution in [2.45, 2.75) is 6.92 Å². The summed E-state index contributed by atoms with van der Waals surface area (Å²) in [5.74, 6) is -0.104. The Morgan fingerprint density at radius 3 is 2.43 bits per heavy atom. The van der Waals surface area contributed by atoms with Crippen molar-refractivity contribution >= 4 is 17.5 Å². The van der Waals surface area contributed by atoms with E-state index < -0.39 is 4.92 Å². The van der Waals surface area contributed by atoms with Gasteiger partial charge in [0.25, 0.3) is 5.69 Å². The smallest absolute Gasteiger partial charge is 0.272 e. The van der Waals surface area contributed by atoms with Gasteiger partial charge in [-0.15, -0.1) is 0 Å². The molecule has 5 nitrogen and oxygen atoms in total. The molecule has 0 heterocycles. The van der Waals surface area contributed by atoms with Crippen molar-refractivity contribution in [1.29, 1.82) is 0 Å². The molecule has 0 aromatic heterocycles. The maximum absolute atomic E-state index is 11.9. The number of hydrogen-bond donors (Lipinski definition) is 1. The second kappa shape index (κ2) is 6.00. The van der Waals surface area contributed by atoms with Crippen LogP contribution in [0, 0.1) is 17.0 Å². The van der Waals surface area contributed by atoms with E-state index in [-0.39, 0.29) is 17.2 Å². The average Bonchev–Trinajstić information content (AvgIpc) is 2.45. The Hall–Kier alpha value is -2.95. The zero-order chi connectivity index (χ0) is 15.4. The molecular weight excluding hydrogens is 270 g/mol. The molecule has 1 N–H and O–H groups in total. The van der Waals surface area contributed by atoms with Crippen molar-refractivity contribution in [2.75, 3.05) is 0 Å². The van der Waals surface area contributed by atoms with E-state index in [9.17, 15) is 14.9 Å². The number of carbonyl (C=O) groups excluding carboxylic acids is 1. The third-order valence-electron chi connectivity index (χ3n) is 3.00. The van der Waals surface area contributed by atoms with Crippen molar-refractivity contribution in [3.63, 3.8) is 0 Å². The van der Waals surface area contributed by atoms with Gasteiger partial charge in [-0.2, -0.15) is 0 Å². The van der Waals surface area contributed by atoms with E-state index in [1.54, 1.807) is 25.1 Å². The number of aromatic hydroxyl groups is 1. The number of rotatable bonds is 4. The molecule has 2 aromatic rings. The van der Waals surface area contributed by atoms with Crippen LogP contribution in [0.15, 0.2) is 48.5 Å². The Morgan fingerprint density at radius 2 is 1.86 bits per heavy atom. The van der Waals surface area contributed by atoms with Crippen LogP contribution >= 0.6 is 0 Å². The molecule has 0 unspecified atom stereocenters. The minimum Gasteiger partial charge on any atom is -0.508 e. The number of ketones is 1. The number of aryl methyl sites for hydroxylation is 1. The molecule has 0 radical (unpaired) electrons. The molecule has 0 aliphatic carbocycles. The van der Waals surface area contributed by atoms with Gasteiger partial charge in [0.1, 0.15) is 5.75 Å². The average molecular weight is 283 g/mol. The summed E-state index contributed by atoms with van der Waals surface area (Å²) in [7, 11) is 0. The summed E-state index contributed by atoms with van der Waals surface area (Å²) >= 11 is 0. The van der Waals surface area contributed by atoms with Crippen LogP contribution in [0.3, 0.4) is 0 Å². The zero-order valence-corrected chi connectivity index (χ0v) is 11.3. The SMILES string of the molecule is Cc1cc(/C=C/C(=O)c2ccc(O)cc2)ccc1[N+](=O)[O-]. The second-order valence-corrected chi connectivity index (χ2v) is 4.55. The zero-order valence-electron chi connectivity index (χ0n) is 11.3. The fourth-order valence-electron chi connectivity index (χ4n) is 1.88. The van der Waals surface area contributed by atoms with E-state index in [1.807, 2.05) is 0 Å². The Labute approximate surface area is 121 Å². The van der Waals surface area contributed by atoms with E-state index in [4.69, 9.17) is 5.11 Å². The van der Waals surface area contributed by atoms with Gasteiger partial charge in [0.05, 0.1) is 4.92 Å². The summed E-state index contributed by atoms with van der Waals surface area (Å²) in [4.78, 5) is 22.2. The minimum atomic E-state index is -0.440. The van der Waals surface area contributed by atoms with E-state index in [0.29, 0.717) is 16.7 Å². The summed E-state index contributed by atoms with van der Waals surface area (Å²) in [6.45, 7) is 1.65. The molecule has 5 heteroatoms. The number of carbonyl (C=O) groups is 1. The van der Waals surface area contributed by atoms with Gasteiger partial charge in [0, 0.05) is 17.2 Å². The fourth-order valence-corrected chi connectivity index (χ4v) is 1.88. The molecule has 21 heavy (non-hydrogen) atoms. The highest BCUT2D eigenvalue weighted by atomic mass is 16.6. The Bertz CT molecular complexity index is 718. The van der Waals surface area contributed by atoms with Gasteiger partial charge < -0.3 is 5.11 Å². The van der Waals surface area contributed by atoms with E-state index in [0.717, 1.165) is 0 Å². The lowest BCUT2D eigenvalue weighted by molar-refractivity contribution is -0.385. The van der Waals surface area contributed by atoms with Gasteiger partial charge in [-0.25, -0.2) is 0 Å². The molecule has 0 saturated heterocycles. The van der Waals surface area contributed by atoms with Crippen LogP contribution in [0.1, 0.15) is 21.5 Å². The molecule has 0 aliphatic rings. The first kappa shape index (κ1) is 14.5. The monoisotopic (exact) mass is 283 g/mol. The third kappa shape index (κ3) is 3.54. The van der Waals surface area contributed by atoms with Gasteiger partial charge in [-0.1, -0.05) is 6.08 Å².